The fourth-order valence-electron chi connectivity index (χ4n) is 3.08. The van der Waals surface area contributed by atoms with Gasteiger partial charge in [-0.15, -0.1) is 0 Å². The molecule has 106 valence electrons. The van der Waals surface area contributed by atoms with Gasteiger partial charge in [-0.25, -0.2) is 0 Å². The molecule has 0 aliphatic heterocycles. The van der Waals surface area contributed by atoms with Crippen molar-refractivity contribution in [1.82, 2.24) is 8.75 Å². The number of hydrogen-bond donors (Lipinski definition) is 1. The average Bonchev–Trinajstić information content (AvgIpc) is 2.85. The van der Waals surface area contributed by atoms with Gasteiger partial charge in [0.2, 0.25) is 0 Å². The number of halogens is 1. The molecule has 20 heavy (non-hydrogen) atoms. The number of anilines is 1. The number of hydrogen-bond acceptors (Lipinski definition) is 4. The molecule has 1 aliphatic rings. The van der Waals surface area contributed by atoms with Crippen LogP contribution in [0.3, 0.4) is 0 Å². The van der Waals surface area contributed by atoms with Crippen molar-refractivity contribution < 1.29 is 0 Å². The van der Waals surface area contributed by atoms with E-state index in [1.54, 1.807) is 0 Å². The third-order valence-corrected chi connectivity index (χ3v) is 4.69. The first-order chi connectivity index (χ1) is 9.63. The second-order valence-corrected chi connectivity index (χ2v) is 6.67. The SMILES string of the molecule is CC1=CC(C)CC(CNc2c(Cl)ccc3nsnc23)C1. The summed E-state index contributed by atoms with van der Waals surface area (Å²) >= 11 is 7.53. The van der Waals surface area contributed by atoms with Crippen LogP contribution in [0, 0.1) is 11.8 Å². The Bertz CT molecular complexity index is 650. The van der Waals surface area contributed by atoms with E-state index in [4.69, 9.17) is 11.6 Å². The Labute approximate surface area is 128 Å². The van der Waals surface area contributed by atoms with E-state index < -0.39 is 0 Å². The standard InChI is InChI=1S/C15H18ClN3S/c1-9-5-10(2)7-11(6-9)8-17-14-12(16)3-4-13-15(14)19-20-18-13/h3-5,9,11,17H,6-8H2,1-2H3. The maximum atomic E-state index is 6.30. The normalized spacial score (nSPS) is 22.9. The van der Waals surface area contributed by atoms with E-state index in [0.29, 0.717) is 11.8 Å². The lowest BCUT2D eigenvalue weighted by Crippen LogP contribution is -2.20. The van der Waals surface area contributed by atoms with E-state index in [1.807, 2.05) is 12.1 Å². The highest BCUT2D eigenvalue weighted by Gasteiger charge is 2.19. The zero-order valence-corrected chi connectivity index (χ0v) is 13.3. The van der Waals surface area contributed by atoms with Crippen LogP contribution in [0.2, 0.25) is 5.02 Å². The van der Waals surface area contributed by atoms with E-state index in [0.717, 1.165) is 28.3 Å². The van der Waals surface area contributed by atoms with Gasteiger partial charge in [-0.2, -0.15) is 8.75 Å². The lowest BCUT2D eigenvalue weighted by molar-refractivity contribution is 0.421. The number of nitrogens with one attached hydrogen (secondary N) is 1. The second-order valence-electron chi connectivity index (χ2n) is 5.73. The van der Waals surface area contributed by atoms with Crippen LogP contribution >= 0.6 is 23.3 Å². The first kappa shape index (κ1) is 13.8. The molecular formula is C15H18ClN3S. The van der Waals surface area contributed by atoms with Gasteiger partial charge in [0, 0.05) is 6.54 Å². The molecule has 0 saturated heterocycles. The molecule has 3 nitrogen and oxygen atoms in total. The highest BCUT2D eigenvalue weighted by Crippen LogP contribution is 2.32. The lowest BCUT2D eigenvalue weighted by atomic mass is 9.84. The summed E-state index contributed by atoms with van der Waals surface area (Å²) in [7, 11) is 0. The number of benzene rings is 1. The van der Waals surface area contributed by atoms with Crippen molar-refractivity contribution in [3.63, 3.8) is 0 Å². The van der Waals surface area contributed by atoms with E-state index in [1.165, 1.54) is 30.1 Å². The summed E-state index contributed by atoms with van der Waals surface area (Å²) < 4.78 is 8.61. The summed E-state index contributed by atoms with van der Waals surface area (Å²) in [4.78, 5) is 0. The molecule has 0 bridgehead atoms. The largest absolute Gasteiger partial charge is 0.382 e. The molecule has 2 aromatic rings. The van der Waals surface area contributed by atoms with Crippen LogP contribution in [-0.4, -0.2) is 15.3 Å². The minimum atomic E-state index is 0.660. The molecule has 2 unspecified atom stereocenters. The zero-order chi connectivity index (χ0) is 14.1. The summed E-state index contributed by atoms with van der Waals surface area (Å²) in [5.74, 6) is 1.33. The minimum Gasteiger partial charge on any atom is -0.382 e. The van der Waals surface area contributed by atoms with Gasteiger partial charge in [0.05, 0.1) is 22.4 Å². The first-order valence-corrected chi connectivity index (χ1v) is 8.06. The molecule has 1 aromatic heterocycles. The Hall–Kier alpha value is -1.13. The van der Waals surface area contributed by atoms with Gasteiger partial charge >= 0.3 is 0 Å². The van der Waals surface area contributed by atoms with Crippen molar-refractivity contribution in [2.45, 2.75) is 26.7 Å². The smallest absolute Gasteiger partial charge is 0.129 e. The quantitative estimate of drug-likeness (QED) is 0.832. The molecule has 2 atom stereocenters. The third kappa shape index (κ3) is 2.81. The Morgan fingerprint density at radius 2 is 2.25 bits per heavy atom. The van der Waals surface area contributed by atoms with Gasteiger partial charge in [-0.1, -0.05) is 30.2 Å². The van der Waals surface area contributed by atoms with Gasteiger partial charge < -0.3 is 5.32 Å². The molecule has 1 aliphatic carbocycles. The number of allylic oxidation sites excluding steroid dienone is 2. The topological polar surface area (TPSA) is 37.8 Å². The van der Waals surface area contributed by atoms with Gasteiger partial charge in [0.25, 0.3) is 0 Å². The molecule has 0 amide bonds. The monoisotopic (exact) mass is 307 g/mol. The summed E-state index contributed by atoms with van der Waals surface area (Å²) in [6, 6.07) is 3.81. The van der Waals surface area contributed by atoms with E-state index in [9.17, 15) is 0 Å². The van der Waals surface area contributed by atoms with Crippen LogP contribution in [-0.2, 0) is 0 Å². The van der Waals surface area contributed by atoms with Gasteiger partial charge in [0.1, 0.15) is 11.0 Å². The van der Waals surface area contributed by atoms with Crippen LogP contribution in [0.15, 0.2) is 23.8 Å². The Kier molecular flexibility index (Phi) is 3.94. The molecule has 0 radical (unpaired) electrons. The maximum Gasteiger partial charge on any atom is 0.129 e. The Morgan fingerprint density at radius 3 is 3.05 bits per heavy atom. The van der Waals surface area contributed by atoms with Crippen molar-refractivity contribution in [2.75, 3.05) is 11.9 Å². The third-order valence-electron chi connectivity index (χ3n) is 3.83. The first-order valence-electron chi connectivity index (χ1n) is 6.95. The molecule has 0 spiro atoms. The molecule has 1 heterocycles. The molecule has 1 N–H and O–H groups in total. The summed E-state index contributed by atoms with van der Waals surface area (Å²) in [6.07, 6.45) is 4.78. The zero-order valence-electron chi connectivity index (χ0n) is 11.7. The van der Waals surface area contributed by atoms with Crippen LogP contribution in [0.25, 0.3) is 11.0 Å². The predicted octanol–water partition coefficient (Wildman–Crippen LogP) is 4.75. The van der Waals surface area contributed by atoms with Crippen LogP contribution in [0.4, 0.5) is 5.69 Å². The Morgan fingerprint density at radius 1 is 1.40 bits per heavy atom. The fourth-order valence-corrected chi connectivity index (χ4v) is 3.85. The molecular weight excluding hydrogens is 290 g/mol. The van der Waals surface area contributed by atoms with Crippen molar-refractivity contribution in [3.05, 3.63) is 28.8 Å². The molecule has 0 fully saturated rings. The highest BCUT2D eigenvalue weighted by atomic mass is 35.5. The molecule has 1 aromatic carbocycles. The van der Waals surface area contributed by atoms with Gasteiger partial charge in [0.15, 0.2) is 0 Å². The number of fused-ring (bicyclic) bond motifs is 1. The Balaban J connectivity index is 1.76. The van der Waals surface area contributed by atoms with E-state index >= 15 is 0 Å². The van der Waals surface area contributed by atoms with Crippen molar-refractivity contribution >= 4 is 40.0 Å². The van der Waals surface area contributed by atoms with Crippen LogP contribution in [0.5, 0.6) is 0 Å². The van der Waals surface area contributed by atoms with Crippen LogP contribution in [0.1, 0.15) is 26.7 Å². The summed E-state index contributed by atoms with van der Waals surface area (Å²) in [5.41, 5.74) is 4.22. The highest BCUT2D eigenvalue weighted by molar-refractivity contribution is 7.00. The van der Waals surface area contributed by atoms with E-state index in [2.05, 4.69) is 34.0 Å². The number of rotatable bonds is 3. The summed E-state index contributed by atoms with van der Waals surface area (Å²) in [6.45, 7) is 5.44. The number of aromatic nitrogens is 2. The molecule has 3 rings (SSSR count). The van der Waals surface area contributed by atoms with Crippen molar-refractivity contribution in [1.29, 1.82) is 0 Å². The predicted molar refractivity (Wildman–Crippen MR) is 86.6 cm³/mol. The van der Waals surface area contributed by atoms with Crippen molar-refractivity contribution in [3.8, 4) is 0 Å². The second kappa shape index (κ2) is 5.70. The van der Waals surface area contributed by atoms with E-state index in [-0.39, 0.29) is 0 Å². The maximum absolute atomic E-state index is 6.30. The van der Waals surface area contributed by atoms with Crippen molar-refractivity contribution in [2.24, 2.45) is 11.8 Å². The van der Waals surface area contributed by atoms with Crippen LogP contribution < -0.4 is 5.32 Å². The fraction of sp³-hybridized carbons (Fsp3) is 0.467. The average molecular weight is 308 g/mol. The van der Waals surface area contributed by atoms with Gasteiger partial charge in [-0.3, -0.25) is 0 Å². The lowest BCUT2D eigenvalue weighted by Gasteiger charge is -2.26. The molecule has 0 saturated carbocycles. The summed E-state index contributed by atoms with van der Waals surface area (Å²) in [5, 5.41) is 4.22. The number of nitrogens with zero attached hydrogens (tertiary/aromatic N) is 2. The van der Waals surface area contributed by atoms with Gasteiger partial charge in [-0.05, 0) is 43.7 Å². The minimum absolute atomic E-state index is 0.660. The molecule has 5 heteroatoms.